The lowest BCUT2D eigenvalue weighted by Crippen LogP contribution is -1.97. The molecule has 0 aromatic carbocycles. The molecule has 0 spiro atoms. The number of nitrogens with zero attached hydrogens (tertiary/aromatic N) is 3. The molecule has 0 saturated carbocycles. The first kappa shape index (κ1) is 29.6. The molecular weight excluding hydrogens is 544 g/mol. The minimum atomic E-state index is -0.929. The SMILES string of the molecule is C=Cc1c(C)c2cc3[nH]c(cc4nc(cc5nc(cc1n2[O-])C(C)=C5CCC(=O)O)C(CCC(=O)O)=C4C)c(C)c3CC. The van der Waals surface area contributed by atoms with Crippen molar-refractivity contribution in [1.29, 1.82) is 0 Å². The molecule has 2 aliphatic rings. The highest BCUT2D eigenvalue weighted by Crippen LogP contribution is 2.38. The van der Waals surface area contributed by atoms with Gasteiger partial charge in [-0.25, -0.2) is 9.97 Å². The Morgan fingerprint density at radius 2 is 1.40 bits per heavy atom. The number of fused-ring (bicyclic) bond motifs is 8. The average Bonchev–Trinajstić information content (AvgIpc) is 3.59. The highest BCUT2D eigenvalue weighted by molar-refractivity contribution is 5.97. The van der Waals surface area contributed by atoms with Crippen molar-refractivity contribution in [3.05, 3.63) is 81.1 Å². The van der Waals surface area contributed by atoms with E-state index in [1.165, 1.54) is 0 Å². The summed E-state index contributed by atoms with van der Waals surface area (Å²) >= 11 is 0. The van der Waals surface area contributed by atoms with Gasteiger partial charge in [-0.1, -0.05) is 19.6 Å². The summed E-state index contributed by atoms with van der Waals surface area (Å²) in [5.74, 6) is -1.83. The predicted molar refractivity (Wildman–Crippen MR) is 171 cm³/mol. The van der Waals surface area contributed by atoms with Crippen LogP contribution in [-0.2, 0) is 16.0 Å². The number of aliphatic carboxylic acids is 2. The molecule has 5 rings (SSSR count). The number of hydrogen-bond acceptors (Lipinski definition) is 5. The minimum Gasteiger partial charge on any atom is -0.805 e. The van der Waals surface area contributed by atoms with Crippen LogP contribution >= 0.6 is 0 Å². The Kier molecular flexibility index (Phi) is 7.84. The predicted octanol–water partition coefficient (Wildman–Crippen LogP) is 7.55. The molecule has 0 fully saturated rings. The van der Waals surface area contributed by atoms with Gasteiger partial charge < -0.3 is 25.1 Å². The third-order valence-electron chi connectivity index (χ3n) is 8.57. The van der Waals surface area contributed by atoms with Gasteiger partial charge in [-0.2, -0.15) is 0 Å². The summed E-state index contributed by atoms with van der Waals surface area (Å²) in [6.07, 6.45) is 2.80. The largest absolute Gasteiger partial charge is 0.805 e. The number of H-pyrrole nitrogens is 1. The van der Waals surface area contributed by atoms with Gasteiger partial charge in [0.1, 0.15) is 0 Å². The summed E-state index contributed by atoms with van der Waals surface area (Å²) in [4.78, 5) is 36.4. The van der Waals surface area contributed by atoms with Gasteiger partial charge in [-0.15, -0.1) is 0 Å². The molecule has 0 atom stereocenters. The Morgan fingerprint density at radius 1 is 0.837 bits per heavy atom. The second-order valence-electron chi connectivity index (χ2n) is 11.1. The summed E-state index contributed by atoms with van der Waals surface area (Å²) in [5, 5.41) is 32.7. The number of nitrogens with one attached hydrogen (secondary N) is 1. The fourth-order valence-electron chi connectivity index (χ4n) is 6.09. The van der Waals surface area contributed by atoms with Crippen LogP contribution in [0.1, 0.15) is 91.5 Å². The summed E-state index contributed by atoms with van der Waals surface area (Å²) in [6, 6.07) is 7.39. The molecule has 0 amide bonds. The third kappa shape index (κ3) is 5.27. The number of aryl methyl sites for hydroxylation is 3. The minimum absolute atomic E-state index is 0.0575. The molecule has 0 unspecified atom stereocenters. The van der Waals surface area contributed by atoms with E-state index in [1.54, 1.807) is 12.1 Å². The maximum atomic E-state index is 13.8. The van der Waals surface area contributed by atoms with Gasteiger partial charge in [0.2, 0.25) is 0 Å². The molecule has 3 N–H and O–H groups in total. The summed E-state index contributed by atoms with van der Waals surface area (Å²) in [7, 11) is 0. The van der Waals surface area contributed by atoms with Crippen molar-refractivity contribution < 1.29 is 19.8 Å². The molecule has 9 nitrogen and oxygen atoms in total. The first-order valence-electron chi connectivity index (χ1n) is 14.4. The van der Waals surface area contributed by atoms with E-state index in [0.717, 1.165) is 61.2 Å². The van der Waals surface area contributed by atoms with Crippen molar-refractivity contribution in [3.63, 3.8) is 0 Å². The molecule has 3 aromatic heterocycles. The molecule has 9 heteroatoms. The van der Waals surface area contributed by atoms with Crippen molar-refractivity contribution in [3.8, 4) is 0 Å². The fraction of sp³-hybridized carbons (Fsp3) is 0.294. The Bertz CT molecular complexity index is 1940. The summed E-state index contributed by atoms with van der Waals surface area (Å²) in [6.45, 7) is 13.8. The van der Waals surface area contributed by atoms with Crippen LogP contribution in [-0.4, -0.2) is 41.8 Å². The smallest absolute Gasteiger partial charge is 0.303 e. The number of allylic oxidation sites excluding steroid dienone is 4. The van der Waals surface area contributed by atoms with Gasteiger partial charge in [-0.05, 0) is 110 Å². The van der Waals surface area contributed by atoms with Crippen molar-refractivity contribution in [1.82, 2.24) is 19.7 Å². The van der Waals surface area contributed by atoms with E-state index in [4.69, 9.17) is 9.97 Å². The second-order valence-corrected chi connectivity index (χ2v) is 11.1. The lowest BCUT2D eigenvalue weighted by Gasteiger charge is -2.10. The van der Waals surface area contributed by atoms with Crippen LogP contribution < -0.4 is 0 Å². The van der Waals surface area contributed by atoms with Gasteiger partial charge in [0, 0.05) is 40.5 Å². The number of carboxylic acids is 2. The zero-order chi connectivity index (χ0) is 31.2. The van der Waals surface area contributed by atoms with Crippen LogP contribution in [0.25, 0.3) is 50.4 Å². The quantitative estimate of drug-likeness (QED) is 0.250. The Hall–Kier alpha value is -4.92. The monoisotopic (exact) mass is 579 g/mol. The van der Waals surface area contributed by atoms with E-state index in [1.807, 2.05) is 45.9 Å². The van der Waals surface area contributed by atoms with Crippen LogP contribution in [0, 0.1) is 19.1 Å². The molecule has 0 radical (unpaired) electrons. The molecule has 43 heavy (non-hydrogen) atoms. The standard InChI is InChI=1S/C34H35N4O5/c1-7-21-17(3)25-13-26-18(4)23(9-11-33(39)40)28(35-26)14-29-24(10-12-34(41)42)19(5)27(37-29)15-32-22(8-2)20(6)31(38(32)43)16-30(21)36-25/h8,13-16,36H,2,7,9-12H2,1,3-6H3,(H,39,40)(H,41,42)/q-1. The van der Waals surface area contributed by atoms with E-state index < -0.39 is 11.9 Å². The van der Waals surface area contributed by atoms with Crippen LogP contribution in [0.4, 0.5) is 0 Å². The summed E-state index contributed by atoms with van der Waals surface area (Å²) < 4.78 is 0.907. The maximum absolute atomic E-state index is 13.8. The highest BCUT2D eigenvalue weighted by atomic mass is 16.5. The van der Waals surface area contributed by atoms with Crippen molar-refractivity contribution in [2.24, 2.45) is 0 Å². The van der Waals surface area contributed by atoms with Crippen LogP contribution in [0.15, 0.2) is 30.8 Å². The molecular formula is C34H35N4O5-. The van der Waals surface area contributed by atoms with E-state index in [2.05, 4.69) is 18.5 Å². The average molecular weight is 580 g/mol. The number of rotatable bonds is 8. The van der Waals surface area contributed by atoms with Gasteiger partial charge in [0.15, 0.2) is 0 Å². The van der Waals surface area contributed by atoms with Crippen molar-refractivity contribution >= 4 is 62.4 Å². The zero-order valence-electron chi connectivity index (χ0n) is 25.1. The van der Waals surface area contributed by atoms with E-state index in [0.29, 0.717) is 39.4 Å². The molecule has 222 valence electrons. The summed E-state index contributed by atoms with van der Waals surface area (Å²) in [5.41, 5.74) is 11.8. The lowest BCUT2D eigenvalue weighted by atomic mass is 9.98. The number of carbonyl (C=O) groups is 2. The number of carboxylic acid groups (broad SMARTS) is 2. The van der Waals surface area contributed by atoms with Crippen LogP contribution in [0.2, 0.25) is 0 Å². The maximum Gasteiger partial charge on any atom is 0.303 e. The van der Waals surface area contributed by atoms with Gasteiger partial charge in [-0.3, -0.25) is 9.59 Å². The molecule has 2 aliphatic heterocycles. The number of aromatic amines is 1. The Morgan fingerprint density at radius 3 is 1.91 bits per heavy atom. The van der Waals surface area contributed by atoms with Crippen LogP contribution in [0.5, 0.6) is 0 Å². The molecule has 0 aliphatic carbocycles. The number of aromatic nitrogens is 4. The molecule has 3 aromatic rings. The Labute approximate surface area is 249 Å². The highest BCUT2D eigenvalue weighted by Gasteiger charge is 2.23. The zero-order valence-corrected chi connectivity index (χ0v) is 25.1. The van der Waals surface area contributed by atoms with Gasteiger partial charge >= 0.3 is 11.9 Å². The van der Waals surface area contributed by atoms with E-state index in [9.17, 15) is 25.0 Å². The lowest BCUT2D eigenvalue weighted by molar-refractivity contribution is -0.137. The Balaban J connectivity index is 1.96. The second kappa shape index (κ2) is 11.4. The first-order valence-corrected chi connectivity index (χ1v) is 14.4. The third-order valence-corrected chi connectivity index (χ3v) is 8.57. The van der Waals surface area contributed by atoms with Crippen molar-refractivity contribution in [2.45, 2.75) is 66.7 Å². The van der Waals surface area contributed by atoms with E-state index in [-0.39, 0.29) is 25.7 Å². The van der Waals surface area contributed by atoms with Gasteiger partial charge in [0.25, 0.3) is 0 Å². The molecule has 0 saturated heterocycles. The van der Waals surface area contributed by atoms with Crippen molar-refractivity contribution in [2.75, 3.05) is 0 Å². The molecule has 8 bridgehead atoms. The van der Waals surface area contributed by atoms with E-state index >= 15 is 0 Å². The number of hydrogen-bond donors (Lipinski definition) is 3. The van der Waals surface area contributed by atoms with Crippen LogP contribution in [0.3, 0.4) is 0 Å². The normalized spacial score (nSPS) is 13.1. The van der Waals surface area contributed by atoms with Gasteiger partial charge in [0.05, 0.1) is 22.8 Å². The molecule has 5 heterocycles. The first-order chi connectivity index (χ1) is 20.4. The topological polar surface area (TPSA) is 144 Å². The fourth-order valence-corrected chi connectivity index (χ4v) is 6.09.